The molecule has 1 aliphatic heterocycles. The zero-order valence-corrected chi connectivity index (χ0v) is 15.7. The molecule has 0 aliphatic carbocycles. The van der Waals surface area contributed by atoms with Crippen molar-refractivity contribution >= 4 is 22.8 Å². The number of fused-ring (bicyclic) bond motifs is 1. The van der Waals surface area contributed by atoms with Gasteiger partial charge >= 0.3 is 0 Å². The van der Waals surface area contributed by atoms with Gasteiger partial charge in [0.25, 0.3) is 0 Å². The van der Waals surface area contributed by atoms with Crippen LogP contribution in [0.2, 0.25) is 0 Å². The summed E-state index contributed by atoms with van der Waals surface area (Å²) < 4.78 is 2.12. The molecule has 1 aliphatic rings. The van der Waals surface area contributed by atoms with Crippen LogP contribution in [0, 0.1) is 0 Å². The summed E-state index contributed by atoms with van der Waals surface area (Å²) in [4.78, 5) is 18.3. The number of hydrogen-bond donors (Lipinski definition) is 0. The lowest BCUT2D eigenvalue weighted by molar-refractivity contribution is 0.249. The fraction of sp³-hybridized carbons (Fsp3) is 0.250. The van der Waals surface area contributed by atoms with Gasteiger partial charge in [0.2, 0.25) is 0 Å². The topological polar surface area (TPSA) is 49.6 Å². The van der Waals surface area contributed by atoms with Crippen LogP contribution in [-0.2, 0) is 6.54 Å². The Kier molecular flexibility index (Phi) is 4.31. The summed E-state index contributed by atoms with van der Waals surface area (Å²) in [5.41, 5.74) is 4.49. The number of thiophene rings is 1. The Labute approximate surface area is 161 Å². The van der Waals surface area contributed by atoms with E-state index >= 15 is 0 Å². The van der Waals surface area contributed by atoms with E-state index in [1.54, 1.807) is 11.3 Å². The fourth-order valence-electron chi connectivity index (χ4n) is 3.62. The molecular formula is C20H20N6S. The molecule has 5 heterocycles. The smallest absolute Gasteiger partial charge is 0.180 e. The summed E-state index contributed by atoms with van der Waals surface area (Å²) in [7, 11) is 0. The van der Waals surface area contributed by atoms with E-state index in [9.17, 15) is 0 Å². The van der Waals surface area contributed by atoms with Crippen molar-refractivity contribution in [1.82, 2.24) is 24.3 Å². The summed E-state index contributed by atoms with van der Waals surface area (Å²) in [6, 6.07) is 6.23. The van der Waals surface area contributed by atoms with Crippen molar-refractivity contribution in [3.63, 3.8) is 0 Å². The van der Waals surface area contributed by atoms with E-state index in [1.807, 2.05) is 43.1 Å². The van der Waals surface area contributed by atoms with Crippen molar-refractivity contribution < 1.29 is 0 Å². The van der Waals surface area contributed by atoms with E-state index in [1.165, 1.54) is 5.56 Å². The molecule has 27 heavy (non-hydrogen) atoms. The van der Waals surface area contributed by atoms with Crippen LogP contribution in [0.15, 0.2) is 59.9 Å². The number of hydrogen-bond acceptors (Lipinski definition) is 6. The second kappa shape index (κ2) is 7.09. The first-order chi connectivity index (χ1) is 13.4. The summed E-state index contributed by atoms with van der Waals surface area (Å²) in [6.45, 7) is 5.04. The molecule has 1 fully saturated rings. The second-order valence-electron chi connectivity index (χ2n) is 6.72. The fourth-order valence-corrected chi connectivity index (χ4v) is 4.28. The quantitative estimate of drug-likeness (QED) is 0.548. The first-order valence-electron chi connectivity index (χ1n) is 9.09. The van der Waals surface area contributed by atoms with E-state index in [2.05, 4.69) is 46.0 Å². The summed E-state index contributed by atoms with van der Waals surface area (Å²) in [5.74, 6) is 0.966. The van der Waals surface area contributed by atoms with Gasteiger partial charge in [0.15, 0.2) is 11.5 Å². The van der Waals surface area contributed by atoms with Crippen molar-refractivity contribution in [2.45, 2.75) is 6.54 Å². The Hall–Kier alpha value is -2.77. The maximum atomic E-state index is 4.68. The highest BCUT2D eigenvalue weighted by molar-refractivity contribution is 7.07. The van der Waals surface area contributed by atoms with Gasteiger partial charge in [0, 0.05) is 63.1 Å². The monoisotopic (exact) mass is 376 g/mol. The van der Waals surface area contributed by atoms with Gasteiger partial charge in [-0.25, -0.2) is 9.97 Å². The van der Waals surface area contributed by atoms with Crippen molar-refractivity contribution in [3.05, 3.63) is 65.5 Å². The number of imidazole rings is 1. The number of anilines is 1. The van der Waals surface area contributed by atoms with E-state index in [4.69, 9.17) is 0 Å². The molecule has 0 atom stereocenters. The van der Waals surface area contributed by atoms with Crippen LogP contribution < -0.4 is 4.90 Å². The minimum absolute atomic E-state index is 0.913. The lowest BCUT2D eigenvalue weighted by atomic mass is 10.2. The molecule has 4 aromatic heterocycles. The van der Waals surface area contributed by atoms with Gasteiger partial charge in [0.05, 0.1) is 11.9 Å². The summed E-state index contributed by atoms with van der Waals surface area (Å²) >= 11 is 1.77. The van der Waals surface area contributed by atoms with Gasteiger partial charge < -0.3 is 4.90 Å². The molecule has 0 aromatic carbocycles. The predicted molar refractivity (Wildman–Crippen MR) is 108 cm³/mol. The van der Waals surface area contributed by atoms with Crippen LogP contribution in [0.3, 0.4) is 0 Å². The maximum absolute atomic E-state index is 4.68. The van der Waals surface area contributed by atoms with Crippen LogP contribution >= 0.6 is 11.3 Å². The molecule has 0 bridgehead atoms. The van der Waals surface area contributed by atoms with E-state index in [0.29, 0.717) is 0 Å². The van der Waals surface area contributed by atoms with E-state index in [-0.39, 0.29) is 0 Å². The lowest BCUT2D eigenvalue weighted by Gasteiger charge is -2.35. The molecule has 4 aromatic rings. The molecule has 0 radical (unpaired) electrons. The molecule has 0 N–H and O–H groups in total. The van der Waals surface area contributed by atoms with Crippen molar-refractivity contribution in [1.29, 1.82) is 0 Å². The lowest BCUT2D eigenvalue weighted by Crippen LogP contribution is -2.46. The third kappa shape index (κ3) is 3.20. The largest absolute Gasteiger partial charge is 0.351 e. The van der Waals surface area contributed by atoms with E-state index < -0.39 is 0 Å². The Morgan fingerprint density at radius 3 is 2.59 bits per heavy atom. The zero-order chi connectivity index (χ0) is 18.1. The molecule has 7 heteroatoms. The zero-order valence-electron chi connectivity index (χ0n) is 14.9. The average Bonchev–Trinajstić information content (AvgIpc) is 3.39. The minimum Gasteiger partial charge on any atom is -0.351 e. The molecule has 6 nitrogen and oxygen atoms in total. The van der Waals surface area contributed by atoms with Crippen LogP contribution in [-0.4, -0.2) is 50.4 Å². The highest BCUT2D eigenvalue weighted by Gasteiger charge is 2.21. The Morgan fingerprint density at radius 1 is 0.963 bits per heavy atom. The van der Waals surface area contributed by atoms with Crippen molar-refractivity contribution in [3.8, 4) is 11.3 Å². The standard InChI is InChI=1S/C20H20N6S/c1-4-21-5-2-17(1)18-13-23-20-19(22-6-7-26(18)20)25-10-8-24(9-11-25)14-16-3-12-27-15-16/h1-7,12-13,15H,8-11,14H2. The predicted octanol–water partition coefficient (Wildman–Crippen LogP) is 3.18. The van der Waals surface area contributed by atoms with Gasteiger partial charge in [-0.15, -0.1) is 0 Å². The number of nitrogens with zero attached hydrogens (tertiary/aromatic N) is 6. The minimum atomic E-state index is 0.913. The molecule has 5 rings (SSSR count). The summed E-state index contributed by atoms with van der Waals surface area (Å²) in [6.07, 6.45) is 9.39. The molecule has 0 saturated carbocycles. The normalized spacial score (nSPS) is 15.5. The number of rotatable bonds is 4. The third-order valence-electron chi connectivity index (χ3n) is 5.04. The first-order valence-corrected chi connectivity index (χ1v) is 10.0. The highest BCUT2D eigenvalue weighted by Crippen LogP contribution is 2.25. The van der Waals surface area contributed by atoms with Crippen LogP contribution in [0.25, 0.3) is 16.9 Å². The highest BCUT2D eigenvalue weighted by atomic mass is 32.1. The number of pyridine rings is 1. The van der Waals surface area contributed by atoms with Gasteiger partial charge in [0.1, 0.15) is 0 Å². The molecule has 1 saturated heterocycles. The molecular weight excluding hydrogens is 356 g/mol. The van der Waals surface area contributed by atoms with E-state index in [0.717, 1.165) is 55.4 Å². The Bertz CT molecular complexity index is 1020. The summed E-state index contributed by atoms with van der Waals surface area (Å²) in [5, 5.41) is 4.38. The average molecular weight is 376 g/mol. The Morgan fingerprint density at radius 2 is 1.81 bits per heavy atom. The maximum Gasteiger partial charge on any atom is 0.180 e. The van der Waals surface area contributed by atoms with Crippen LogP contribution in [0.1, 0.15) is 5.56 Å². The van der Waals surface area contributed by atoms with Crippen molar-refractivity contribution in [2.24, 2.45) is 0 Å². The number of aromatic nitrogens is 4. The van der Waals surface area contributed by atoms with Gasteiger partial charge in [-0.3, -0.25) is 14.3 Å². The van der Waals surface area contributed by atoms with Gasteiger partial charge in [-0.05, 0) is 34.5 Å². The molecule has 136 valence electrons. The molecule has 0 spiro atoms. The number of piperazine rings is 1. The van der Waals surface area contributed by atoms with Crippen LogP contribution in [0.5, 0.6) is 0 Å². The Balaban J connectivity index is 1.37. The first kappa shape index (κ1) is 16.4. The van der Waals surface area contributed by atoms with Gasteiger partial charge in [-0.2, -0.15) is 11.3 Å². The van der Waals surface area contributed by atoms with Gasteiger partial charge in [-0.1, -0.05) is 0 Å². The SMILES string of the molecule is c1cc(-c2cnc3c(N4CCN(Cc5ccsc5)CC4)nccn23)ccn1. The second-order valence-corrected chi connectivity index (χ2v) is 7.50. The molecule has 0 unspecified atom stereocenters. The van der Waals surface area contributed by atoms with Crippen LogP contribution in [0.4, 0.5) is 5.82 Å². The third-order valence-corrected chi connectivity index (χ3v) is 5.78. The van der Waals surface area contributed by atoms with Crippen molar-refractivity contribution in [2.75, 3.05) is 31.1 Å². The molecule has 0 amide bonds.